The molecule has 1 saturated heterocycles. The molecule has 0 aliphatic carbocycles. The van der Waals surface area contributed by atoms with E-state index in [0.717, 1.165) is 27.7 Å². The molecule has 15 nitrogen and oxygen atoms in total. The van der Waals surface area contributed by atoms with Gasteiger partial charge in [0.1, 0.15) is 12.7 Å². The van der Waals surface area contributed by atoms with Crippen LogP contribution in [0.2, 0.25) is 0 Å². The van der Waals surface area contributed by atoms with E-state index in [1.807, 2.05) is 0 Å². The normalized spacial score (nSPS) is 21.7. The van der Waals surface area contributed by atoms with Crippen molar-refractivity contribution in [3.63, 3.8) is 0 Å². The number of carbonyl (C=O) groups excluding carboxylic acids is 5. The number of benzene rings is 1. The van der Waals surface area contributed by atoms with Crippen LogP contribution in [-0.2, 0) is 42.9 Å². The zero-order chi connectivity index (χ0) is 30.7. The van der Waals surface area contributed by atoms with Gasteiger partial charge in [-0.15, -0.1) is 0 Å². The molecule has 2 rings (SSSR count). The monoisotopic (exact) mass is 585 g/mol. The topological polar surface area (TPSA) is 194 Å². The number of amides is 1. The molecular weight excluding hydrogens is 550 g/mol. The zero-order valence-corrected chi connectivity index (χ0v) is 23.4. The Hall–Kier alpha value is -3.95. The highest BCUT2D eigenvalue weighted by atomic mass is 16.7. The predicted molar refractivity (Wildman–Crippen MR) is 136 cm³/mol. The number of aliphatic hydroxyl groups is 2. The van der Waals surface area contributed by atoms with Crippen LogP contribution in [0.1, 0.15) is 38.1 Å². The number of ether oxygens (including phenoxy) is 7. The molecule has 0 bridgehead atoms. The van der Waals surface area contributed by atoms with Gasteiger partial charge in [0.25, 0.3) is 5.91 Å². The Kier molecular flexibility index (Phi) is 12.8. The molecule has 228 valence electrons. The maximum Gasteiger partial charge on any atom is 0.303 e. The summed E-state index contributed by atoms with van der Waals surface area (Å²) in [5.41, 5.74) is 0.0911. The molecule has 2 N–H and O–H groups in total. The first-order chi connectivity index (χ1) is 19.4. The minimum atomic E-state index is -1.55. The van der Waals surface area contributed by atoms with Crippen molar-refractivity contribution in [1.29, 1.82) is 0 Å². The number of hydrogen-bond donors (Lipinski definition) is 2. The Morgan fingerprint density at radius 2 is 1.37 bits per heavy atom. The third-order valence-corrected chi connectivity index (χ3v) is 5.63. The highest BCUT2D eigenvalue weighted by Gasteiger charge is 2.53. The highest BCUT2D eigenvalue weighted by Crippen LogP contribution is 2.35. The van der Waals surface area contributed by atoms with E-state index in [2.05, 4.69) is 0 Å². The van der Waals surface area contributed by atoms with Crippen molar-refractivity contribution in [1.82, 2.24) is 4.90 Å². The van der Waals surface area contributed by atoms with E-state index in [1.165, 1.54) is 30.2 Å². The Morgan fingerprint density at radius 3 is 1.88 bits per heavy atom. The Labute approximate surface area is 236 Å². The molecule has 15 heteroatoms. The summed E-state index contributed by atoms with van der Waals surface area (Å²) in [6, 6.07) is 4.16. The largest absolute Gasteiger partial charge is 0.493 e. The van der Waals surface area contributed by atoms with Gasteiger partial charge in [0.15, 0.2) is 23.7 Å². The van der Waals surface area contributed by atoms with Gasteiger partial charge in [-0.1, -0.05) is 0 Å². The summed E-state index contributed by atoms with van der Waals surface area (Å²) in [5.74, 6) is -3.56. The lowest BCUT2D eigenvalue weighted by atomic mass is 9.98. The molecule has 0 saturated carbocycles. The summed E-state index contributed by atoms with van der Waals surface area (Å²) in [5, 5.41) is 18.6. The predicted octanol–water partition coefficient (Wildman–Crippen LogP) is -0.416. The number of nitrogens with zero attached hydrogens (tertiary/aromatic N) is 1. The van der Waals surface area contributed by atoms with E-state index < -0.39 is 67.1 Å². The first kappa shape index (κ1) is 33.3. The molecule has 1 fully saturated rings. The molecule has 0 spiro atoms. The van der Waals surface area contributed by atoms with Gasteiger partial charge in [-0.2, -0.15) is 0 Å². The second-order valence-electron chi connectivity index (χ2n) is 8.79. The molecule has 1 aromatic carbocycles. The average Bonchev–Trinajstić information content (AvgIpc) is 2.89. The van der Waals surface area contributed by atoms with Gasteiger partial charge in [-0.3, -0.25) is 24.0 Å². The number of esters is 4. The zero-order valence-electron chi connectivity index (χ0n) is 23.4. The van der Waals surface area contributed by atoms with E-state index in [0.29, 0.717) is 0 Å². The molecule has 41 heavy (non-hydrogen) atoms. The molecule has 5 atom stereocenters. The van der Waals surface area contributed by atoms with Gasteiger partial charge in [-0.05, 0) is 18.2 Å². The molecule has 0 radical (unpaired) electrons. The van der Waals surface area contributed by atoms with Gasteiger partial charge >= 0.3 is 23.9 Å². The van der Waals surface area contributed by atoms with Gasteiger partial charge in [0.05, 0.1) is 20.3 Å². The average molecular weight is 586 g/mol. The third kappa shape index (κ3) is 9.58. The molecule has 1 heterocycles. The number of carbonyl (C=O) groups is 5. The molecule has 1 aromatic rings. The molecule has 1 amide bonds. The summed E-state index contributed by atoms with van der Waals surface area (Å²) < 4.78 is 38.5. The summed E-state index contributed by atoms with van der Waals surface area (Å²) in [4.78, 5) is 61.8. The Bertz CT molecular complexity index is 1090. The maximum atomic E-state index is 13.1. The minimum absolute atomic E-state index is 0.0404. The summed E-state index contributed by atoms with van der Waals surface area (Å²) in [6.07, 6.45) is -7.14. The Balaban J connectivity index is 2.57. The van der Waals surface area contributed by atoms with Gasteiger partial charge in [0, 0.05) is 46.3 Å². The van der Waals surface area contributed by atoms with E-state index in [4.69, 9.17) is 33.2 Å². The van der Waals surface area contributed by atoms with Crippen molar-refractivity contribution < 1.29 is 67.3 Å². The van der Waals surface area contributed by atoms with Crippen molar-refractivity contribution in [3.05, 3.63) is 23.8 Å². The van der Waals surface area contributed by atoms with Crippen LogP contribution in [0.15, 0.2) is 18.2 Å². The molecule has 0 aromatic heterocycles. The van der Waals surface area contributed by atoms with Crippen LogP contribution in [0.3, 0.4) is 0 Å². The lowest BCUT2D eigenvalue weighted by Crippen LogP contribution is -2.63. The van der Waals surface area contributed by atoms with Gasteiger partial charge < -0.3 is 48.3 Å². The van der Waals surface area contributed by atoms with E-state index in [9.17, 15) is 34.2 Å². The third-order valence-electron chi connectivity index (χ3n) is 5.63. The minimum Gasteiger partial charge on any atom is -0.493 e. The quantitative estimate of drug-likeness (QED) is 0.224. The van der Waals surface area contributed by atoms with E-state index in [1.54, 1.807) is 0 Å². The van der Waals surface area contributed by atoms with Crippen LogP contribution >= 0.6 is 0 Å². The fourth-order valence-corrected chi connectivity index (χ4v) is 4.05. The van der Waals surface area contributed by atoms with Crippen LogP contribution < -0.4 is 9.47 Å². The van der Waals surface area contributed by atoms with Crippen molar-refractivity contribution >= 4 is 29.8 Å². The van der Waals surface area contributed by atoms with Crippen molar-refractivity contribution in [3.8, 4) is 11.5 Å². The van der Waals surface area contributed by atoms with E-state index in [-0.39, 0.29) is 43.4 Å². The summed E-state index contributed by atoms with van der Waals surface area (Å²) in [7, 11) is 1.33. The standard InChI is InChI=1S/C26H35NO14/c1-14(30)36-13-21-22(37-15(2)31)23(38-16(3)32)24(39-17(4)33)26(41-21)40-20-12-18(6-7-19(20)35-5)25(34)27(8-10-28)9-11-29/h6-7,12,21-24,26,28-29H,8-11,13H2,1-5H3. The second-order valence-corrected chi connectivity index (χ2v) is 8.79. The first-order valence-corrected chi connectivity index (χ1v) is 12.6. The highest BCUT2D eigenvalue weighted by molar-refractivity contribution is 5.95. The lowest BCUT2D eigenvalue weighted by molar-refractivity contribution is -0.288. The van der Waals surface area contributed by atoms with Crippen LogP contribution in [0, 0.1) is 0 Å². The SMILES string of the molecule is COc1ccc(C(=O)N(CCO)CCO)cc1OC1OC(COC(C)=O)C(OC(C)=O)C(OC(C)=O)C1OC(C)=O. The number of hydrogen-bond acceptors (Lipinski definition) is 14. The molecule has 1 aliphatic heterocycles. The number of rotatable bonds is 13. The van der Waals surface area contributed by atoms with E-state index >= 15 is 0 Å². The maximum absolute atomic E-state index is 13.1. The smallest absolute Gasteiger partial charge is 0.303 e. The fraction of sp³-hybridized carbons (Fsp3) is 0.577. The molecular formula is C26H35NO14. The van der Waals surface area contributed by atoms with Crippen LogP contribution in [0.25, 0.3) is 0 Å². The van der Waals surface area contributed by atoms with Gasteiger partial charge in [0.2, 0.25) is 12.4 Å². The summed E-state index contributed by atoms with van der Waals surface area (Å²) >= 11 is 0. The van der Waals surface area contributed by atoms with Gasteiger partial charge in [-0.25, -0.2) is 0 Å². The van der Waals surface area contributed by atoms with Crippen LogP contribution in [0.4, 0.5) is 0 Å². The van der Waals surface area contributed by atoms with Crippen molar-refractivity contribution in [2.24, 2.45) is 0 Å². The van der Waals surface area contributed by atoms with Crippen LogP contribution in [0.5, 0.6) is 11.5 Å². The van der Waals surface area contributed by atoms with Crippen LogP contribution in [-0.4, -0.2) is 116 Å². The van der Waals surface area contributed by atoms with Crippen molar-refractivity contribution in [2.75, 3.05) is 40.0 Å². The number of aliphatic hydroxyl groups excluding tert-OH is 2. The summed E-state index contributed by atoms with van der Waals surface area (Å²) in [6.45, 7) is 3.21. The van der Waals surface area contributed by atoms with Crippen molar-refractivity contribution in [2.45, 2.75) is 58.4 Å². The Morgan fingerprint density at radius 1 is 0.805 bits per heavy atom. The second kappa shape index (κ2) is 15.7. The molecule has 5 unspecified atom stereocenters. The molecule has 1 aliphatic rings. The first-order valence-electron chi connectivity index (χ1n) is 12.6. The lowest BCUT2D eigenvalue weighted by Gasteiger charge is -2.44. The number of methoxy groups -OCH3 is 1. The fourth-order valence-electron chi connectivity index (χ4n) is 4.05.